The summed E-state index contributed by atoms with van der Waals surface area (Å²) in [5.74, 6) is 0.00455. The van der Waals surface area contributed by atoms with Gasteiger partial charge in [-0.3, -0.25) is 4.79 Å². The molecule has 0 aliphatic carbocycles. The van der Waals surface area contributed by atoms with Gasteiger partial charge in [0, 0.05) is 5.69 Å². The number of β-lactam (4-membered cyclic amide) rings is 1. The van der Waals surface area contributed by atoms with Gasteiger partial charge in [0.1, 0.15) is 17.9 Å². The standard InChI is InChI=1S/C22H25NO5/c1-22(2)27-14-18(28-22)19-20(26-13-15-7-5-4-6-8-15)21(24)23(19)16-9-11-17(25-3)12-10-16/h4-12,18-20H,13-14H2,1-3H3/t18-,19+,20+/m1/s1. The van der Waals surface area contributed by atoms with Gasteiger partial charge in [-0.2, -0.15) is 0 Å². The highest BCUT2D eigenvalue weighted by molar-refractivity contribution is 6.05. The van der Waals surface area contributed by atoms with E-state index in [1.807, 2.05) is 68.4 Å². The van der Waals surface area contributed by atoms with Crippen LogP contribution in [0.15, 0.2) is 54.6 Å². The Morgan fingerprint density at radius 2 is 1.82 bits per heavy atom. The summed E-state index contributed by atoms with van der Waals surface area (Å²) in [6, 6.07) is 17.0. The molecule has 2 aliphatic heterocycles. The van der Waals surface area contributed by atoms with Crippen molar-refractivity contribution in [3.63, 3.8) is 0 Å². The van der Waals surface area contributed by atoms with Gasteiger partial charge < -0.3 is 23.8 Å². The summed E-state index contributed by atoms with van der Waals surface area (Å²) in [4.78, 5) is 14.7. The lowest BCUT2D eigenvalue weighted by Gasteiger charge is -2.48. The van der Waals surface area contributed by atoms with Crippen molar-refractivity contribution in [2.75, 3.05) is 18.6 Å². The van der Waals surface area contributed by atoms with Crippen LogP contribution in [0.3, 0.4) is 0 Å². The van der Waals surface area contributed by atoms with Gasteiger partial charge in [-0.05, 0) is 43.7 Å². The Kier molecular flexibility index (Phi) is 5.10. The lowest BCUT2D eigenvalue weighted by atomic mass is 9.91. The van der Waals surface area contributed by atoms with Crippen LogP contribution < -0.4 is 9.64 Å². The first kappa shape index (κ1) is 18.9. The third-order valence-corrected chi connectivity index (χ3v) is 5.12. The van der Waals surface area contributed by atoms with Crippen LogP contribution in [0.5, 0.6) is 5.75 Å². The fourth-order valence-corrected chi connectivity index (χ4v) is 3.70. The summed E-state index contributed by atoms with van der Waals surface area (Å²) >= 11 is 0. The molecule has 2 fully saturated rings. The van der Waals surface area contributed by atoms with Crippen LogP contribution in [0.1, 0.15) is 19.4 Å². The van der Waals surface area contributed by atoms with E-state index in [1.165, 1.54) is 0 Å². The predicted molar refractivity (Wildman–Crippen MR) is 104 cm³/mol. The maximum atomic E-state index is 12.9. The van der Waals surface area contributed by atoms with Gasteiger partial charge in [0.05, 0.1) is 20.3 Å². The number of hydrogen-bond acceptors (Lipinski definition) is 5. The van der Waals surface area contributed by atoms with Crippen LogP contribution in [0.4, 0.5) is 5.69 Å². The molecule has 6 nitrogen and oxygen atoms in total. The molecule has 3 atom stereocenters. The topological polar surface area (TPSA) is 57.2 Å². The first-order chi connectivity index (χ1) is 13.5. The van der Waals surface area contributed by atoms with Gasteiger partial charge in [-0.15, -0.1) is 0 Å². The number of nitrogens with zero attached hydrogens (tertiary/aromatic N) is 1. The Hall–Kier alpha value is -2.41. The second-order valence-corrected chi connectivity index (χ2v) is 7.48. The number of rotatable bonds is 6. The molecule has 0 spiro atoms. The molecular formula is C22H25NO5. The fraction of sp³-hybridized carbons (Fsp3) is 0.409. The lowest BCUT2D eigenvalue weighted by molar-refractivity contribution is -0.164. The molecule has 2 aliphatic rings. The molecule has 6 heteroatoms. The van der Waals surface area contributed by atoms with Gasteiger partial charge in [0.15, 0.2) is 11.9 Å². The quantitative estimate of drug-likeness (QED) is 0.718. The highest BCUT2D eigenvalue weighted by Crippen LogP contribution is 2.38. The molecule has 0 bridgehead atoms. The zero-order valence-corrected chi connectivity index (χ0v) is 16.3. The minimum absolute atomic E-state index is 0.0700. The molecule has 0 saturated carbocycles. The summed E-state index contributed by atoms with van der Waals surface area (Å²) in [6.45, 7) is 4.56. The van der Waals surface area contributed by atoms with Crippen molar-refractivity contribution >= 4 is 11.6 Å². The van der Waals surface area contributed by atoms with E-state index in [4.69, 9.17) is 18.9 Å². The van der Waals surface area contributed by atoms with E-state index in [2.05, 4.69) is 0 Å². The number of ether oxygens (including phenoxy) is 4. The van der Waals surface area contributed by atoms with Crippen LogP contribution in [-0.2, 0) is 25.6 Å². The summed E-state index contributed by atoms with van der Waals surface area (Å²) in [5.41, 5.74) is 1.82. The molecule has 2 heterocycles. The molecule has 148 valence electrons. The van der Waals surface area contributed by atoms with E-state index in [-0.39, 0.29) is 18.1 Å². The van der Waals surface area contributed by atoms with Crippen LogP contribution in [0, 0.1) is 0 Å². The number of benzene rings is 2. The molecule has 2 aromatic carbocycles. The second kappa shape index (κ2) is 7.54. The first-order valence-electron chi connectivity index (χ1n) is 9.43. The molecule has 0 aromatic heterocycles. The smallest absolute Gasteiger partial charge is 0.258 e. The average molecular weight is 383 g/mol. The molecule has 0 N–H and O–H groups in total. The van der Waals surface area contributed by atoms with Crippen molar-refractivity contribution in [3.05, 3.63) is 60.2 Å². The second-order valence-electron chi connectivity index (χ2n) is 7.48. The van der Waals surface area contributed by atoms with Crippen molar-refractivity contribution in [2.45, 2.75) is 44.5 Å². The molecule has 2 saturated heterocycles. The van der Waals surface area contributed by atoms with Gasteiger partial charge in [-0.25, -0.2) is 0 Å². The monoisotopic (exact) mass is 383 g/mol. The van der Waals surface area contributed by atoms with Crippen LogP contribution in [-0.4, -0.2) is 43.7 Å². The van der Waals surface area contributed by atoms with E-state index >= 15 is 0 Å². The number of methoxy groups -OCH3 is 1. The van der Waals surface area contributed by atoms with Crippen molar-refractivity contribution < 1.29 is 23.7 Å². The maximum Gasteiger partial charge on any atom is 0.258 e. The lowest BCUT2D eigenvalue weighted by Crippen LogP contribution is -2.70. The van der Waals surface area contributed by atoms with Gasteiger partial charge in [0.25, 0.3) is 5.91 Å². The normalized spacial score (nSPS) is 26.2. The molecular weight excluding hydrogens is 358 g/mol. The highest BCUT2D eigenvalue weighted by atomic mass is 16.7. The van der Waals surface area contributed by atoms with E-state index in [1.54, 1.807) is 12.0 Å². The molecule has 28 heavy (non-hydrogen) atoms. The largest absolute Gasteiger partial charge is 0.497 e. The highest BCUT2D eigenvalue weighted by Gasteiger charge is 2.56. The number of amides is 1. The molecule has 2 aromatic rings. The minimum Gasteiger partial charge on any atom is -0.497 e. The Bertz CT molecular complexity index is 821. The fourth-order valence-electron chi connectivity index (χ4n) is 3.70. The van der Waals surface area contributed by atoms with Crippen molar-refractivity contribution in [2.24, 2.45) is 0 Å². The van der Waals surface area contributed by atoms with Gasteiger partial charge >= 0.3 is 0 Å². The predicted octanol–water partition coefficient (Wildman–Crippen LogP) is 3.15. The molecule has 0 radical (unpaired) electrons. The van der Waals surface area contributed by atoms with E-state index < -0.39 is 11.9 Å². The third-order valence-electron chi connectivity index (χ3n) is 5.12. The number of carbonyl (C=O) groups is 1. The SMILES string of the molecule is COc1ccc(N2C(=O)[C@@H](OCc3ccccc3)[C@@H]2[C@H]2COC(C)(C)O2)cc1. The Morgan fingerprint density at radius 3 is 2.43 bits per heavy atom. The summed E-state index contributed by atoms with van der Waals surface area (Å²) in [7, 11) is 1.62. The molecule has 4 rings (SSSR count). The van der Waals surface area contributed by atoms with E-state index in [0.717, 1.165) is 17.0 Å². The average Bonchev–Trinajstić information content (AvgIpc) is 3.06. The maximum absolute atomic E-state index is 12.9. The van der Waals surface area contributed by atoms with Gasteiger partial charge in [0.2, 0.25) is 0 Å². The zero-order valence-electron chi connectivity index (χ0n) is 16.3. The zero-order chi connectivity index (χ0) is 19.7. The van der Waals surface area contributed by atoms with E-state index in [9.17, 15) is 4.79 Å². The number of hydrogen-bond donors (Lipinski definition) is 0. The van der Waals surface area contributed by atoms with E-state index in [0.29, 0.717) is 13.2 Å². The summed E-state index contributed by atoms with van der Waals surface area (Å²) in [5, 5.41) is 0. The first-order valence-corrected chi connectivity index (χ1v) is 9.43. The summed E-state index contributed by atoms with van der Waals surface area (Å²) in [6.07, 6.45) is -0.819. The minimum atomic E-state index is -0.668. The Labute approximate surface area is 165 Å². The number of anilines is 1. The van der Waals surface area contributed by atoms with Crippen LogP contribution in [0.25, 0.3) is 0 Å². The Balaban J connectivity index is 1.54. The molecule has 0 unspecified atom stereocenters. The third kappa shape index (κ3) is 3.63. The van der Waals surface area contributed by atoms with Crippen LogP contribution in [0.2, 0.25) is 0 Å². The van der Waals surface area contributed by atoms with Crippen molar-refractivity contribution in [1.29, 1.82) is 0 Å². The van der Waals surface area contributed by atoms with Crippen molar-refractivity contribution in [3.8, 4) is 5.75 Å². The van der Waals surface area contributed by atoms with Crippen molar-refractivity contribution in [1.82, 2.24) is 0 Å². The van der Waals surface area contributed by atoms with Crippen LogP contribution >= 0.6 is 0 Å². The number of carbonyl (C=O) groups excluding carboxylic acids is 1. The summed E-state index contributed by atoms with van der Waals surface area (Å²) < 4.78 is 23.0. The Morgan fingerprint density at radius 1 is 1.11 bits per heavy atom. The van der Waals surface area contributed by atoms with Gasteiger partial charge in [-0.1, -0.05) is 30.3 Å². The molecule has 1 amide bonds.